The monoisotopic (exact) mass is 212 g/mol. The van der Waals surface area contributed by atoms with E-state index < -0.39 is 0 Å². The van der Waals surface area contributed by atoms with Gasteiger partial charge in [0.05, 0.1) is 6.42 Å². The molecule has 1 aliphatic heterocycles. The normalized spacial score (nSPS) is 18.8. The average molecular weight is 212 g/mol. The molecule has 0 aliphatic carbocycles. The molecule has 1 N–H and O–H groups in total. The van der Waals surface area contributed by atoms with Gasteiger partial charge in [0.25, 0.3) is 0 Å². The molecule has 1 amide bonds. The first-order chi connectivity index (χ1) is 7.09. The lowest BCUT2D eigenvalue weighted by Gasteiger charge is -2.23. The van der Waals surface area contributed by atoms with Crippen LogP contribution in [0.25, 0.3) is 0 Å². The van der Waals surface area contributed by atoms with Crippen molar-refractivity contribution in [3.05, 3.63) is 0 Å². The zero-order valence-corrected chi connectivity index (χ0v) is 9.58. The molecule has 0 bridgehead atoms. The molecular formula is C11H20N2O2. The molecule has 15 heavy (non-hydrogen) atoms. The van der Waals surface area contributed by atoms with Crippen LogP contribution < -0.4 is 5.32 Å². The molecule has 1 heterocycles. The number of nitrogens with one attached hydrogen (secondary N) is 1. The maximum atomic E-state index is 11.2. The second kappa shape index (κ2) is 5.85. The van der Waals surface area contributed by atoms with Crippen molar-refractivity contribution in [2.45, 2.75) is 39.2 Å². The Morgan fingerprint density at radius 3 is 2.47 bits per heavy atom. The molecule has 4 nitrogen and oxygen atoms in total. The topological polar surface area (TPSA) is 49.4 Å². The lowest BCUT2D eigenvalue weighted by molar-refractivity contribution is -0.127. The highest BCUT2D eigenvalue weighted by molar-refractivity contribution is 5.96. The van der Waals surface area contributed by atoms with Gasteiger partial charge in [0.2, 0.25) is 5.91 Å². The van der Waals surface area contributed by atoms with Gasteiger partial charge in [0.1, 0.15) is 5.78 Å². The van der Waals surface area contributed by atoms with Crippen LogP contribution in [0.4, 0.5) is 0 Å². The van der Waals surface area contributed by atoms with Crippen molar-refractivity contribution >= 4 is 11.7 Å². The molecule has 1 atom stereocenters. The second-order valence-corrected chi connectivity index (χ2v) is 4.27. The summed E-state index contributed by atoms with van der Waals surface area (Å²) in [6, 6.07) is 0.378. The SMILES string of the molecule is CC(=O)CC(=O)NCC(C)N1CCCC1. The van der Waals surface area contributed by atoms with E-state index in [1.54, 1.807) is 0 Å². The molecule has 0 spiro atoms. The Morgan fingerprint density at radius 2 is 1.93 bits per heavy atom. The van der Waals surface area contributed by atoms with Gasteiger partial charge in [0, 0.05) is 12.6 Å². The third-order valence-electron chi connectivity index (χ3n) is 2.77. The van der Waals surface area contributed by atoms with Crippen LogP contribution in [-0.4, -0.2) is 42.3 Å². The molecular weight excluding hydrogens is 192 g/mol. The minimum absolute atomic E-state index is 0.00667. The highest BCUT2D eigenvalue weighted by Crippen LogP contribution is 2.10. The second-order valence-electron chi connectivity index (χ2n) is 4.27. The van der Waals surface area contributed by atoms with E-state index in [-0.39, 0.29) is 18.1 Å². The van der Waals surface area contributed by atoms with Crippen LogP contribution in [-0.2, 0) is 9.59 Å². The van der Waals surface area contributed by atoms with Crippen LogP contribution in [0, 0.1) is 0 Å². The van der Waals surface area contributed by atoms with Crippen molar-refractivity contribution in [3.63, 3.8) is 0 Å². The first kappa shape index (κ1) is 12.2. The van der Waals surface area contributed by atoms with Crippen LogP contribution in [0.3, 0.4) is 0 Å². The van der Waals surface area contributed by atoms with Gasteiger partial charge in [0.15, 0.2) is 0 Å². The molecule has 1 rings (SSSR count). The van der Waals surface area contributed by atoms with Crippen molar-refractivity contribution in [2.75, 3.05) is 19.6 Å². The Kier molecular flexibility index (Phi) is 4.75. The average Bonchev–Trinajstić information content (AvgIpc) is 2.65. The fourth-order valence-corrected chi connectivity index (χ4v) is 1.86. The molecule has 0 aromatic rings. The smallest absolute Gasteiger partial charge is 0.227 e. The van der Waals surface area contributed by atoms with Gasteiger partial charge < -0.3 is 5.32 Å². The molecule has 1 unspecified atom stereocenters. The summed E-state index contributed by atoms with van der Waals surface area (Å²) in [5.74, 6) is -0.241. The van der Waals surface area contributed by atoms with Crippen LogP contribution in [0.15, 0.2) is 0 Å². The van der Waals surface area contributed by atoms with E-state index in [1.165, 1.54) is 19.8 Å². The van der Waals surface area contributed by atoms with E-state index >= 15 is 0 Å². The molecule has 4 heteroatoms. The summed E-state index contributed by atoms with van der Waals surface area (Å²) in [6.07, 6.45) is 2.52. The van der Waals surface area contributed by atoms with Crippen molar-refractivity contribution in [1.82, 2.24) is 10.2 Å². The molecule has 0 aromatic heterocycles. The number of ketones is 1. The summed E-state index contributed by atoms with van der Waals surface area (Å²) in [7, 11) is 0. The van der Waals surface area contributed by atoms with Gasteiger partial charge in [-0.25, -0.2) is 0 Å². The Labute approximate surface area is 91.0 Å². The number of likely N-dealkylation sites (tertiary alicyclic amines) is 1. The summed E-state index contributed by atoms with van der Waals surface area (Å²) in [4.78, 5) is 24.3. The van der Waals surface area contributed by atoms with Crippen molar-refractivity contribution < 1.29 is 9.59 Å². The summed E-state index contributed by atoms with van der Waals surface area (Å²) in [5.41, 5.74) is 0. The maximum absolute atomic E-state index is 11.2. The third kappa shape index (κ3) is 4.42. The fraction of sp³-hybridized carbons (Fsp3) is 0.818. The van der Waals surface area contributed by atoms with E-state index in [4.69, 9.17) is 0 Å². The summed E-state index contributed by atoms with van der Waals surface area (Å²) in [5, 5.41) is 2.79. The Bertz CT molecular complexity index is 235. The predicted octanol–water partition coefficient (Wildman–Crippen LogP) is 0.566. The zero-order valence-electron chi connectivity index (χ0n) is 9.58. The molecule has 0 aromatic carbocycles. The molecule has 1 saturated heterocycles. The quantitative estimate of drug-likeness (QED) is 0.678. The molecule has 1 fully saturated rings. The lowest BCUT2D eigenvalue weighted by atomic mass is 10.2. The number of carbonyl (C=O) groups excluding carboxylic acids is 2. The maximum Gasteiger partial charge on any atom is 0.227 e. The number of hydrogen-bond donors (Lipinski definition) is 1. The van der Waals surface area contributed by atoms with Crippen LogP contribution in [0.1, 0.15) is 33.1 Å². The summed E-state index contributed by atoms with van der Waals surface area (Å²) < 4.78 is 0. The van der Waals surface area contributed by atoms with Gasteiger partial charge in [-0.1, -0.05) is 0 Å². The van der Waals surface area contributed by atoms with Gasteiger partial charge in [-0.05, 0) is 39.8 Å². The van der Waals surface area contributed by atoms with E-state index in [2.05, 4.69) is 17.1 Å². The Hall–Kier alpha value is -0.900. The first-order valence-corrected chi connectivity index (χ1v) is 5.60. The number of Topliss-reactive ketones (excluding diaryl/α,β-unsaturated/α-hetero) is 1. The van der Waals surface area contributed by atoms with Crippen molar-refractivity contribution in [1.29, 1.82) is 0 Å². The van der Waals surface area contributed by atoms with Gasteiger partial charge in [-0.3, -0.25) is 14.5 Å². The molecule has 0 saturated carbocycles. The van der Waals surface area contributed by atoms with Gasteiger partial charge >= 0.3 is 0 Å². The predicted molar refractivity (Wildman–Crippen MR) is 58.6 cm³/mol. The summed E-state index contributed by atoms with van der Waals surface area (Å²) >= 11 is 0. The highest BCUT2D eigenvalue weighted by atomic mass is 16.2. The number of rotatable bonds is 5. The summed E-state index contributed by atoms with van der Waals surface area (Å²) in [6.45, 7) is 6.45. The largest absolute Gasteiger partial charge is 0.354 e. The van der Waals surface area contributed by atoms with Gasteiger partial charge in [-0.2, -0.15) is 0 Å². The zero-order chi connectivity index (χ0) is 11.3. The molecule has 0 radical (unpaired) electrons. The third-order valence-corrected chi connectivity index (χ3v) is 2.77. The van der Waals surface area contributed by atoms with E-state index in [0.29, 0.717) is 12.6 Å². The Balaban J connectivity index is 2.18. The van der Waals surface area contributed by atoms with Crippen LogP contribution in [0.5, 0.6) is 0 Å². The first-order valence-electron chi connectivity index (χ1n) is 5.60. The van der Waals surface area contributed by atoms with E-state index in [0.717, 1.165) is 13.1 Å². The fourth-order valence-electron chi connectivity index (χ4n) is 1.86. The number of carbonyl (C=O) groups is 2. The lowest BCUT2D eigenvalue weighted by Crippen LogP contribution is -2.41. The highest BCUT2D eigenvalue weighted by Gasteiger charge is 2.18. The Morgan fingerprint density at radius 1 is 1.33 bits per heavy atom. The number of hydrogen-bond acceptors (Lipinski definition) is 3. The molecule has 1 aliphatic rings. The van der Waals surface area contributed by atoms with E-state index in [1.807, 2.05) is 0 Å². The van der Waals surface area contributed by atoms with Crippen LogP contribution >= 0.6 is 0 Å². The van der Waals surface area contributed by atoms with E-state index in [9.17, 15) is 9.59 Å². The number of nitrogens with zero attached hydrogens (tertiary/aromatic N) is 1. The van der Waals surface area contributed by atoms with Crippen LogP contribution in [0.2, 0.25) is 0 Å². The minimum Gasteiger partial charge on any atom is -0.354 e. The number of amides is 1. The standard InChI is InChI=1S/C11H20N2O2/c1-9(13-5-3-4-6-13)8-12-11(15)7-10(2)14/h9H,3-8H2,1-2H3,(H,12,15). The minimum atomic E-state index is -0.159. The van der Waals surface area contributed by atoms with Gasteiger partial charge in [-0.15, -0.1) is 0 Å². The van der Waals surface area contributed by atoms with Crippen molar-refractivity contribution in [2.24, 2.45) is 0 Å². The molecule has 86 valence electrons. The van der Waals surface area contributed by atoms with Crippen molar-refractivity contribution in [3.8, 4) is 0 Å².